The van der Waals surface area contributed by atoms with E-state index < -0.39 is 11.5 Å². The predicted octanol–water partition coefficient (Wildman–Crippen LogP) is 1.98. The molecular weight excluding hydrogens is 256 g/mol. The van der Waals surface area contributed by atoms with Crippen molar-refractivity contribution < 1.29 is 14.7 Å². The fourth-order valence-electron chi connectivity index (χ4n) is 2.10. The summed E-state index contributed by atoms with van der Waals surface area (Å²) < 4.78 is 0. The Morgan fingerprint density at radius 2 is 2.05 bits per heavy atom. The molecule has 1 amide bonds. The van der Waals surface area contributed by atoms with Gasteiger partial charge in [0, 0.05) is 5.56 Å². The predicted molar refractivity (Wildman–Crippen MR) is 76.1 cm³/mol. The molecule has 1 heterocycles. The molecule has 1 aromatic carbocycles. The molecule has 0 fully saturated rings. The van der Waals surface area contributed by atoms with E-state index in [1.165, 1.54) is 6.07 Å². The van der Waals surface area contributed by atoms with Gasteiger partial charge in [-0.05, 0) is 31.9 Å². The number of amides is 1. The zero-order valence-corrected chi connectivity index (χ0v) is 12.0. The van der Waals surface area contributed by atoms with Gasteiger partial charge < -0.3 is 10.4 Å². The van der Waals surface area contributed by atoms with Gasteiger partial charge in [-0.1, -0.05) is 25.5 Å². The summed E-state index contributed by atoms with van der Waals surface area (Å²) in [5.41, 5.74) is 0.660. The summed E-state index contributed by atoms with van der Waals surface area (Å²) in [6.07, 6.45) is 0. The number of aliphatic imine (C=N–C) groups is 1. The van der Waals surface area contributed by atoms with Crippen molar-refractivity contribution in [3.63, 3.8) is 0 Å². The molecule has 0 unspecified atom stereocenters. The van der Waals surface area contributed by atoms with Crippen LogP contribution in [0.5, 0.6) is 0 Å². The van der Waals surface area contributed by atoms with Crippen molar-refractivity contribution in [1.82, 2.24) is 5.32 Å². The van der Waals surface area contributed by atoms with Crippen molar-refractivity contribution in [2.24, 2.45) is 10.9 Å². The standard InChI is InChI=1S/C15H18N2O3/c1-8(2)15(4)14(20)16-12(17-15)11-7-9(3)5-6-10(11)13(18)19/h5-8H,1-4H3,(H,18,19)(H,16,17,20)/t15-/m0/s1. The number of amidine groups is 1. The van der Waals surface area contributed by atoms with Gasteiger partial charge >= 0.3 is 5.97 Å². The molecule has 20 heavy (non-hydrogen) atoms. The third kappa shape index (κ3) is 2.19. The number of carboxylic acid groups (broad SMARTS) is 1. The van der Waals surface area contributed by atoms with Crippen LogP contribution in [0.25, 0.3) is 0 Å². The minimum Gasteiger partial charge on any atom is -0.478 e. The summed E-state index contributed by atoms with van der Waals surface area (Å²) in [5, 5.41) is 12.0. The highest BCUT2D eigenvalue weighted by Gasteiger charge is 2.42. The van der Waals surface area contributed by atoms with E-state index in [9.17, 15) is 14.7 Å². The van der Waals surface area contributed by atoms with Crippen LogP contribution in [-0.4, -0.2) is 28.4 Å². The fourth-order valence-corrected chi connectivity index (χ4v) is 2.10. The van der Waals surface area contributed by atoms with Crippen molar-refractivity contribution in [3.05, 3.63) is 34.9 Å². The van der Waals surface area contributed by atoms with Gasteiger partial charge in [-0.3, -0.25) is 9.79 Å². The Morgan fingerprint density at radius 1 is 1.40 bits per heavy atom. The second-order valence-electron chi connectivity index (χ2n) is 5.57. The van der Waals surface area contributed by atoms with Crippen LogP contribution < -0.4 is 5.32 Å². The topological polar surface area (TPSA) is 78.8 Å². The van der Waals surface area contributed by atoms with Gasteiger partial charge in [-0.15, -0.1) is 0 Å². The molecule has 0 aliphatic carbocycles. The van der Waals surface area contributed by atoms with Gasteiger partial charge in [0.1, 0.15) is 11.4 Å². The number of aryl methyl sites for hydroxylation is 1. The number of carbonyl (C=O) groups excluding carboxylic acids is 1. The van der Waals surface area contributed by atoms with Gasteiger partial charge in [-0.2, -0.15) is 0 Å². The van der Waals surface area contributed by atoms with Crippen molar-refractivity contribution in [2.75, 3.05) is 0 Å². The van der Waals surface area contributed by atoms with E-state index in [-0.39, 0.29) is 17.4 Å². The molecule has 5 heteroatoms. The van der Waals surface area contributed by atoms with Crippen LogP contribution in [-0.2, 0) is 4.79 Å². The van der Waals surface area contributed by atoms with Crippen molar-refractivity contribution in [3.8, 4) is 0 Å². The highest BCUT2D eigenvalue weighted by Crippen LogP contribution is 2.27. The average molecular weight is 274 g/mol. The van der Waals surface area contributed by atoms with Crippen LogP contribution in [0.1, 0.15) is 42.3 Å². The minimum atomic E-state index is -1.03. The van der Waals surface area contributed by atoms with Crippen LogP contribution >= 0.6 is 0 Å². The van der Waals surface area contributed by atoms with Crippen molar-refractivity contribution >= 4 is 17.7 Å². The molecule has 0 radical (unpaired) electrons. The SMILES string of the molecule is Cc1ccc(C(=O)O)c(C2=N[C@@](C)(C(C)C)C(=O)N2)c1. The van der Waals surface area contributed by atoms with Gasteiger partial charge in [0.25, 0.3) is 5.91 Å². The molecule has 2 rings (SSSR count). The number of hydrogen-bond acceptors (Lipinski definition) is 3. The smallest absolute Gasteiger partial charge is 0.336 e. The van der Waals surface area contributed by atoms with Crippen LogP contribution in [0.4, 0.5) is 0 Å². The number of aromatic carboxylic acids is 1. The first-order valence-electron chi connectivity index (χ1n) is 6.51. The molecule has 0 saturated heterocycles. The lowest BCUT2D eigenvalue weighted by Crippen LogP contribution is -2.41. The molecule has 0 spiro atoms. The zero-order valence-electron chi connectivity index (χ0n) is 12.0. The number of hydrogen-bond donors (Lipinski definition) is 2. The maximum atomic E-state index is 12.1. The lowest BCUT2D eigenvalue weighted by molar-refractivity contribution is -0.124. The van der Waals surface area contributed by atoms with E-state index in [1.54, 1.807) is 19.1 Å². The minimum absolute atomic E-state index is 0.0260. The van der Waals surface area contributed by atoms with Crippen LogP contribution in [0.3, 0.4) is 0 Å². The molecule has 1 aliphatic heterocycles. The molecule has 0 saturated carbocycles. The van der Waals surface area contributed by atoms with E-state index in [4.69, 9.17) is 0 Å². The number of nitrogens with one attached hydrogen (secondary N) is 1. The lowest BCUT2D eigenvalue weighted by atomic mass is 9.89. The third-order valence-corrected chi connectivity index (χ3v) is 3.82. The average Bonchev–Trinajstić information content (AvgIpc) is 2.66. The molecule has 2 N–H and O–H groups in total. The highest BCUT2D eigenvalue weighted by molar-refractivity contribution is 6.18. The number of nitrogens with zero attached hydrogens (tertiary/aromatic N) is 1. The Labute approximate surface area is 117 Å². The van der Waals surface area contributed by atoms with Crippen molar-refractivity contribution in [1.29, 1.82) is 0 Å². The fraction of sp³-hybridized carbons (Fsp3) is 0.400. The lowest BCUT2D eigenvalue weighted by Gasteiger charge is -2.21. The van der Waals surface area contributed by atoms with Gasteiger partial charge in [0.05, 0.1) is 5.56 Å². The Kier molecular flexibility index (Phi) is 3.38. The molecule has 1 aliphatic rings. The Morgan fingerprint density at radius 3 is 2.55 bits per heavy atom. The number of benzene rings is 1. The second kappa shape index (κ2) is 4.74. The second-order valence-corrected chi connectivity index (χ2v) is 5.57. The van der Waals surface area contributed by atoms with Crippen LogP contribution in [0, 0.1) is 12.8 Å². The molecule has 106 valence electrons. The maximum Gasteiger partial charge on any atom is 0.336 e. The molecule has 0 bridgehead atoms. The van der Waals surface area contributed by atoms with E-state index in [0.29, 0.717) is 11.4 Å². The summed E-state index contributed by atoms with van der Waals surface area (Å²) in [6.45, 7) is 7.46. The molecule has 0 aromatic heterocycles. The zero-order chi connectivity index (χ0) is 15.1. The number of carboxylic acids is 1. The Balaban J connectivity index is 2.56. The maximum absolute atomic E-state index is 12.1. The van der Waals surface area contributed by atoms with E-state index in [2.05, 4.69) is 10.3 Å². The third-order valence-electron chi connectivity index (χ3n) is 3.82. The summed E-state index contributed by atoms with van der Waals surface area (Å²) in [5.74, 6) is -0.860. The summed E-state index contributed by atoms with van der Waals surface area (Å²) in [6, 6.07) is 4.99. The van der Waals surface area contributed by atoms with Gasteiger partial charge in [-0.25, -0.2) is 4.79 Å². The van der Waals surface area contributed by atoms with Gasteiger partial charge in [0.2, 0.25) is 0 Å². The van der Waals surface area contributed by atoms with Crippen LogP contribution in [0.2, 0.25) is 0 Å². The first kappa shape index (κ1) is 14.2. The summed E-state index contributed by atoms with van der Waals surface area (Å²) >= 11 is 0. The largest absolute Gasteiger partial charge is 0.478 e. The first-order chi connectivity index (χ1) is 9.25. The van der Waals surface area contributed by atoms with E-state index in [1.807, 2.05) is 20.8 Å². The van der Waals surface area contributed by atoms with Crippen molar-refractivity contribution in [2.45, 2.75) is 33.2 Å². The number of carbonyl (C=O) groups is 2. The summed E-state index contributed by atoms with van der Waals surface area (Å²) in [7, 11) is 0. The Bertz CT molecular complexity index is 620. The Hall–Kier alpha value is -2.17. The molecule has 1 aromatic rings. The van der Waals surface area contributed by atoms with E-state index in [0.717, 1.165) is 5.56 Å². The van der Waals surface area contributed by atoms with E-state index >= 15 is 0 Å². The van der Waals surface area contributed by atoms with Crippen LogP contribution in [0.15, 0.2) is 23.2 Å². The van der Waals surface area contributed by atoms with Gasteiger partial charge in [0.15, 0.2) is 0 Å². The quantitative estimate of drug-likeness (QED) is 0.884. The summed E-state index contributed by atoms with van der Waals surface area (Å²) in [4.78, 5) is 27.9. The molecule has 1 atom stereocenters. The highest BCUT2D eigenvalue weighted by atomic mass is 16.4. The molecular formula is C15H18N2O3. The number of rotatable bonds is 3. The molecule has 5 nitrogen and oxygen atoms in total. The normalized spacial score (nSPS) is 21.9. The first-order valence-corrected chi connectivity index (χ1v) is 6.51. The monoisotopic (exact) mass is 274 g/mol.